The molecule has 100 valence electrons. The lowest BCUT2D eigenvalue weighted by Gasteiger charge is -2.22. The van der Waals surface area contributed by atoms with E-state index < -0.39 is 0 Å². The van der Waals surface area contributed by atoms with Crippen molar-refractivity contribution in [2.24, 2.45) is 0 Å². The molecule has 1 aromatic carbocycles. The molecular weight excluding hydrogens is 239 g/mol. The zero-order valence-electron chi connectivity index (χ0n) is 11.3. The highest BCUT2D eigenvalue weighted by molar-refractivity contribution is 5.21. The van der Waals surface area contributed by atoms with Gasteiger partial charge in [-0.3, -0.25) is 4.98 Å². The second-order valence-corrected chi connectivity index (χ2v) is 4.63. The molecule has 1 heterocycles. The first-order valence-electron chi connectivity index (χ1n) is 6.63. The molecule has 0 radical (unpaired) electrons. The summed E-state index contributed by atoms with van der Waals surface area (Å²) in [5, 5.41) is 3.44. The van der Waals surface area contributed by atoms with Crippen LogP contribution in [0.15, 0.2) is 48.7 Å². The molecule has 2 aromatic rings. The summed E-state index contributed by atoms with van der Waals surface area (Å²) < 4.78 is 13.8. The number of pyridine rings is 1. The zero-order chi connectivity index (χ0) is 13.7. The summed E-state index contributed by atoms with van der Waals surface area (Å²) >= 11 is 0. The average Bonchev–Trinajstić information content (AvgIpc) is 2.46. The Kier molecular flexibility index (Phi) is 4.63. The predicted molar refractivity (Wildman–Crippen MR) is 75.2 cm³/mol. The maximum Gasteiger partial charge on any atom is 0.127 e. The Hall–Kier alpha value is -1.74. The standard InChI is InChI=1S/C16H19FN2/c1-3-15(13-8-4-5-9-14(13)17)19-12(2)16-10-6-7-11-18-16/h4-12,15,19H,3H2,1-2H3/t12-,15?/m1/s1. The molecule has 3 heteroatoms. The third-order valence-electron chi connectivity index (χ3n) is 3.27. The number of nitrogens with zero attached hydrogens (tertiary/aromatic N) is 1. The smallest absolute Gasteiger partial charge is 0.127 e. The molecule has 2 atom stereocenters. The number of nitrogens with one attached hydrogen (secondary N) is 1. The van der Waals surface area contributed by atoms with E-state index in [4.69, 9.17) is 0 Å². The molecular formula is C16H19FN2. The molecule has 0 amide bonds. The molecule has 1 aromatic heterocycles. The van der Waals surface area contributed by atoms with Crippen molar-refractivity contribution in [2.75, 3.05) is 0 Å². The van der Waals surface area contributed by atoms with Crippen molar-refractivity contribution in [1.82, 2.24) is 10.3 Å². The van der Waals surface area contributed by atoms with E-state index in [2.05, 4.69) is 17.2 Å². The summed E-state index contributed by atoms with van der Waals surface area (Å²) in [5.41, 5.74) is 1.69. The third-order valence-corrected chi connectivity index (χ3v) is 3.27. The van der Waals surface area contributed by atoms with E-state index >= 15 is 0 Å². The van der Waals surface area contributed by atoms with Crippen LogP contribution in [0.25, 0.3) is 0 Å². The highest BCUT2D eigenvalue weighted by atomic mass is 19.1. The minimum atomic E-state index is -0.157. The monoisotopic (exact) mass is 258 g/mol. The summed E-state index contributed by atoms with van der Waals surface area (Å²) in [6, 6.07) is 12.8. The van der Waals surface area contributed by atoms with Crippen LogP contribution in [-0.2, 0) is 0 Å². The van der Waals surface area contributed by atoms with Crippen LogP contribution in [-0.4, -0.2) is 4.98 Å². The van der Waals surface area contributed by atoms with Gasteiger partial charge < -0.3 is 5.32 Å². The van der Waals surface area contributed by atoms with Gasteiger partial charge in [0.25, 0.3) is 0 Å². The van der Waals surface area contributed by atoms with E-state index in [9.17, 15) is 4.39 Å². The van der Waals surface area contributed by atoms with Crippen molar-refractivity contribution in [1.29, 1.82) is 0 Å². The van der Waals surface area contributed by atoms with Gasteiger partial charge >= 0.3 is 0 Å². The molecule has 0 bridgehead atoms. The van der Waals surface area contributed by atoms with Gasteiger partial charge in [0.15, 0.2) is 0 Å². The Labute approximate surface area is 113 Å². The maximum absolute atomic E-state index is 13.8. The second-order valence-electron chi connectivity index (χ2n) is 4.63. The highest BCUT2D eigenvalue weighted by Crippen LogP contribution is 2.23. The normalized spacial score (nSPS) is 14.1. The number of aromatic nitrogens is 1. The number of halogens is 1. The van der Waals surface area contributed by atoms with Gasteiger partial charge in [-0.25, -0.2) is 4.39 Å². The topological polar surface area (TPSA) is 24.9 Å². The molecule has 1 N–H and O–H groups in total. The molecule has 0 fully saturated rings. The molecule has 0 aliphatic carbocycles. The van der Waals surface area contributed by atoms with Crippen molar-refractivity contribution in [3.63, 3.8) is 0 Å². The van der Waals surface area contributed by atoms with Crippen LogP contribution in [0.5, 0.6) is 0 Å². The predicted octanol–water partition coefficient (Wildman–Crippen LogP) is 4.02. The van der Waals surface area contributed by atoms with Crippen molar-refractivity contribution in [3.8, 4) is 0 Å². The van der Waals surface area contributed by atoms with Gasteiger partial charge in [-0.15, -0.1) is 0 Å². The fourth-order valence-electron chi connectivity index (χ4n) is 2.20. The summed E-state index contributed by atoms with van der Waals surface area (Å²) in [6.07, 6.45) is 2.61. The minimum absolute atomic E-state index is 0.00166. The van der Waals surface area contributed by atoms with Crippen LogP contribution in [0.4, 0.5) is 4.39 Å². The summed E-state index contributed by atoms with van der Waals surface area (Å²) in [5.74, 6) is -0.157. The molecule has 0 saturated carbocycles. The number of rotatable bonds is 5. The van der Waals surface area contributed by atoms with Crippen molar-refractivity contribution < 1.29 is 4.39 Å². The zero-order valence-corrected chi connectivity index (χ0v) is 11.3. The van der Waals surface area contributed by atoms with E-state index in [1.54, 1.807) is 12.3 Å². The Morgan fingerprint density at radius 3 is 2.53 bits per heavy atom. The Morgan fingerprint density at radius 2 is 1.89 bits per heavy atom. The van der Waals surface area contributed by atoms with Gasteiger partial charge in [0.2, 0.25) is 0 Å². The van der Waals surface area contributed by atoms with E-state index in [1.165, 1.54) is 6.07 Å². The lowest BCUT2D eigenvalue weighted by molar-refractivity contribution is 0.434. The quantitative estimate of drug-likeness (QED) is 0.876. The molecule has 2 nitrogen and oxygen atoms in total. The van der Waals surface area contributed by atoms with Gasteiger partial charge in [-0.2, -0.15) is 0 Å². The first kappa shape index (κ1) is 13.7. The van der Waals surface area contributed by atoms with Crippen molar-refractivity contribution in [3.05, 3.63) is 65.7 Å². The number of benzene rings is 1. The Bertz CT molecular complexity index is 513. The third kappa shape index (κ3) is 3.38. The molecule has 0 aliphatic heterocycles. The van der Waals surface area contributed by atoms with E-state index in [0.717, 1.165) is 12.1 Å². The van der Waals surface area contributed by atoms with Crippen LogP contribution in [0.2, 0.25) is 0 Å². The van der Waals surface area contributed by atoms with Gasteiger partial charge in [0.1, 0.15) is 5.82 Å². The SMILES string of the molecule is CCC(N[C@H](C)c1ccccn1)c1ccccc1F. The van der Waals surface area contributed by atoms with Crippen molar-refractivity contribution >= 4 is 0 Å². The van der Waals surface area contributed by atoms with Crippen LogP contribution in [0.3, 0.4) is 0 Å². The lowest BCUT2D eigenvalue weighted by Crippen LogP contribution is -2.25. The fraction of sp³-hybridized carbons (Fsp3) is 0.312. The fourth-order valence-corrected chi connectivity index (χ4v) is 2.20. The summed E-state index contributed by atoms with van der Waals surface area (Å²) in [4.78, 5) is 4.33. The van der Waals surface area contributed by atoms with Crippen molar-refractivity contribution in [2.45, 2.75) is 32.4 Å². The molecule has 0 aliphatic rings. The Balaban J connectivity index is 2.14. The molecule has 2 rings (SSSR count). The summed E-state index contributed by atoms with van der Waals surface area (Å²) in [7, 11) is 0. The largest absolute Gasteiger partial charge is 0.302 e. The molecule has 0 spiro atoms. The van der Waals surface area contributed by atoms with Gasteiger partial charge in [-0.05, 0) is 31.5 Å². The van der Waals surface area contributed by atoms with E-state index in [0.29, 0.717) is 5.56 Å². The number of hydrogen-bond donors (Lipinski definition) is 1. The van der Waals surface area contributed by atoms with Gasteiger partial charge in [-0.1, -0.05) is 31.2 Å². The minimum Gasteiger partial charge on any atom is -0.302 e. The summed E-state index contributed by atoms with van der Waals surface area (Å²) in [6.45, 7) is 4.10. The second kappa shape index (κ2) is 6.43. The van der Waals surface area contributed by atoms with E-state index in [-0.39, 0.29) is 17.9 Å². The van der Waals surface area contributed by atoms with Crippen LogP contribution < -0.4 is 5.32 Å². The first-order valence-corrected chi connectivity index (χ1v) is 6.63. The molecule has 1 unspecified atom stereocenters. The highest BCUT2D eigenvalue weighted by Gasteiger charge is 2.16. The van der Waals surface area contributed by atoms with Crippen LogP contribution >= 0.6 is 0 Å². The van der Waals surface area contributed by atoms with E-state index in [1.807, 2.05) is 37.3 Å². The van der Waals surface area contributed by atoms with Crippen LogP contribution in [0, 0.1) is 5.82 Å². The van der Waals surface area contributed by atoms with Crippen LogP contribution in [0.1, 0.15) is 43.6 Å². The lowest BCUT2D eigenvalue weighted by atomic mass is 10.0. The number of hydrogen-bond acceptors (Lipinski definition) is 2. The van der Waals surface area contributed by atoms with Gasteiger partial charge in [0, 0.05) is 23.8 Å². The molecule has 19 heavy (non-hydrogen) atoms. The Morgan fingerprint density at radius 1 is 1.16 bits per heavy atom. The first-order chi connectivity index (χ1) is 9.22. The average molecular weight is 258 g/mol. The maximum atomic E-state index is 13.8. The molecule has 0 saturated heterocycles. The van der Waals surface area contributed by atoms with Gasteiger partial charge in [0.05, 0.1) is 5.69 Å².